The molecule has 0 saturated heterocycles. The molecule has 2 N–H and O–H groups in total. The zero-order valence-corrected chi connectivity index (χ0v) is 11.9. The van der Waals surface area contributed by atoms with Gasteiger partial charge < -0.3 is 10.4 Å². The highest BCUT2D eigenvalue weighted by molar-refractivity contribution is 5.90. The fourth-order valence-corrected chi connectivity index (χ4v) is 1.91. The Kier molecular flexibility index (Phi) is 4.39. The molecule has 9 heteroatoms. The lowest BCUT2D eigenvalue weighted by Crippen LogP contribution is -2.17. The SMILES string of the molecule is CCC(=O)Nc1ccc(-n2ncc(C(=O)O)c2C(F)(F)F)cc1. The molecule has 122 valence electrons. The van der Waals surface area contributed by atoms with Crippen LogP contribution in [0.1, 0.15) is 29.4 Å². The van der Waals surface area contributed by atoms with Crippen molar-refractivity contribution in [2.75, 3.05) is 5.32 Å². The van der Waals surface area contributed by atoms with E-state index in [2.05, 4.69) is 10.4 Å². The highest BCUT2D eigenvalue weighted by Crippen LogP contribution is 2.33. The predicted molar refractivity (Wildman–Crippen MR) is 74.4 cm³/mol. The highest BCUT2D eigenvalue weighted by atomic mass is 19.4. The van der Waals surface area contributed by atoms with Crippen LogP contribution in [0.25, 0.3) is 5.69 Å². The van der Waals surface area contributed by atoms with Crippen molar-refractivity contribution in [1.29, 1.82) is 0 Å². The normalized spacial score (nSPS) is 11.3. The molecule has 0 aliphatic heterocycles. The van der Waals surface area contributed by atoms with Crippen LogP contribution in [0.3, 0.4) is 0 Å². The number of amides is 1. The monoisotopic (exact) mass is 327 g/mol. The first-order valence-corrected chi connectivity index (χ1v) is 6.52. The number of carboxylic acids is 1. The number of hydrogen-bond donors (Lipinski definition) is 2. The summed E-state index contributed by atoms with van der Waals surface area (Å²) in [4.78, 5) is 22.2. The standard InChI is InChI=1S/C14H12F3N3O3/c1-2-11(21)19-8-3-5-9(6-4-8)20-12(14(15,16)17)10(7-18-20)13(22)23/h3-7H,2H2,1H3,(H,19,21)(H,22,23). The maximum Gasteiger partial charge on any atom is 0.434 e. The Bertz CT molecular complexity index is 736. The van der Waals surface area contributed by atoms with Crippen molar-refractivity contribution in [1.82, 2.24) is 9.78 Å². The van der Waals surface area contributed by atoms with Crippen LogP contribution in [-0.4, -0.2) is 26.8 Å². The second-order valence-electron chi connectivity index (χ2n) is 4.57. The number of carboxylic acid groups (broad SMARTS) is 1. The Morgan fingerprint density at radius 2 is 1.87 bits per heavy atom. The second-order valence-corrected chi connectivity index (χ2v) is 4.57. The van der Waals surface area contributed by atoms with Gasteiger partial charge in [-0.1, -0.05) is 6.92 Å². The Morgan fingerprint density at radius 1 is 1.26 bits per heavy atom. The van der Waals surface area contributed by atoms with Crippen molar-refractivity contribution >= 4 is 17.6 Å². The molecule has 0 aliphatic carbocycles. The van der Waals surface area contributed by atoms with Gasteiger partial charge in [-0.3, -0.25) is 4.79 Å². The summed E-state index contributed by atoms with van der Waals surface area (Å²) in [5.41, 5.74) is -1.85. The molecule has 0 aliphatic rings. The lowest BCUT2D eigenvalue weighted by atomic mass is 10.2. The van der Waals surface area contributed by atoms with Gasteiger partial charge in [0, 0.05) is 12.1 Å². The molecule has 0 spiro atoms. The van der Waals surface area contributed by atoms with E-state index in [0.29, 0.717) is 16.6 Å². The van der Waals surface area contributed by atoms with Gasteiger partial charge in [-0.05, 0) is 24.3 Å². The summed E-state index contributed by atoms with van der Waals surface area (Å²) in [5, 5.41) is 14.9. The Labute approximate surface area is 128 Å². The Hall–Kier alpha value is -2.84. The molecule has 0 atom stereocenters. The van der Waals surface area contributed by atoms with Gasteiger partial charge in [0.05, 0.1) is 11.9 Å². The number of hydrogen-bond acceptors (Lipinski definition) is 3. The largest absolute Gasteiger partial charge is 0.478 e. The predicted octanol–water partition coefficient (Wildman–Crippen LogP) is 2.94. The number of carbonyl (C=O) groups is 2. The summed E-state index contributed by atoms with van der Waals surface area (Å²) in [6.07, 6.45) is -3.96. The second kappa shape index (κ2) is 6.11. The van der Waals surface area contributed by atoms with Gasteiger partial charge in [0.25, 0.3) is 0 Å². The summed E-state index contributed by atoms with van der Waals surface area (Å²) >= 11 is 0. The van der Waals surface area contributed by atoms with E-state index in [4.69, 9.17) is 5.11 Å². The summed E-state index contributed by atoms with van der Waals surface area (Å²) in [6, 6.07) is 5.43. The van der Waals surface area contributed by atoms with Gasteiger partial charge >= 0.3 is 12.1 Å². The van der Waals surface area contributed by atoms with Crippen LogP contribution in [0.15, 0.2) is 30.5 Å². The number of nitrogens with one attached hydrogen (secondary N) is 1. The Balaban J connectivity index is 2.43. The van der Waals surface area contributed by atoms with Gasteiger partial charge in [0.15, 0.2) is 5.69 Å². The molecule has 0 bridgehead atoms. The van der Waals surface area contributed by atoms with Crippen molar-refractivity contribution in [3.05, 3.63) is 41.7 Å². The van der Waals surface area contributed by atoms with Crippen LogP contribution in [0.4, 0.5) is 18.9 Å². The first-order chi connectivity index (χ1) is 10.7. The van der Waals surface area contributed by atoms with Gasteiger partial charge in [0.2, 0.25) is 5.91 Å². The third-order valence-corrected chi connectivity index (χ3v) is 2.98. The molecule has 0 saturated carbocycles. The molecule has 2 rings (SSSR count). The molecule has 2 aromatic rings. The van der Waals surface area contributed by atoms with Crippen molar-refractivity contribution in [3.63, 3.8) is 0 Å². The van der Waals surface area contributed by atoms with E-state index in [1.165, 1.54) is 24.3 Å². The third kappa shape index (κ3) is 3.50. The van der Waals surface area contributed by atoms with Crippen molar-refractivity contribution in [2.45, 2.75) is 19.5 Å². The number of carbonyl (C=O) groups excluding carboxylic acids is 1. The summed E-state index contributed by atoms with van der Waals surface area (Å²) < 4.78 is 39.8. The number of rotatable bonds is 4. The molecule has 1 aromatic carbocycles. The molecule has 23 heavy (non-hydrogen) atoms. The molecular weight excluding hydrogens is 315 g/mol. The number of halogens is 3. The lowest BCUT2D eigenvalue weighted by Gasteiger charge is -2.12. The number of alkyl halides is 3. The quantitative estimate of drug-likeness (QED) is 0.904. The first kappa shape index (κ1) is 16.5. The number of aromatic carboxylic acids is 1. The molecule has 1 aromatic heterocycles. The minimum absolute atomic E-state index is 0.0272. The van der Waals surface area contributed by atoms with E-state index in [1.54, 1.807) is 6.92 Å². The third-order valence-electron chi connectivity index (χ3n) is 2.98. The molecule has 0 unspecified atom stereocenters. The fourth-order valence-electron chi connectivity index (χ4n) is 1.91. The number of aromatic nitrogens is 2. The molecule has 1 amide bonds. The van der Waals surface area contributed by atoms with Gasteiger partial charge in [-0.25, -0.2) is 9.48 Å². The minimum atomic E-state index is -4.88. The van der Waals surface area contributed by atoms with Crippen LogP contribution in [0, 0.1) is 0 Å². The van der Waals surface area contributed by atoms with Crippen molar-refractivity contribution in [3.8, 4) is 5.69 Å². The summed E-state index contributed by atoms with van der Waals surface area (Å²) in [5.74, 6) is -1.95. The summed E-state index contributed by atoms with van der Waals surface area (Å²) in [7, 11) is 0. The van der Waals surface area contributed by atoms with Crippen LogP contribution < -0.4 is 5.32 Å². The summed E-state index contributed by atoms with van der Waals surface area (Å²) in [6.45, 7) is 1.66. The van der Waals surface area contributed by atoms with Crippen molar-refractivity contribution < 1.29 is 27.9 Å². The zero-order chi connectivity index (χ0) is 17.2. The average molecular weight is 327 g/mol. The number of anilines is 1. The smallest absolute Gasteiger partial charge is 0.434 e. The van der Waals surface area contributed by atoms with E-state index >= 15 is 0 Å². The van der Waals surface area contributed by atoms with Crippen LogP contribution in [-0.2, 0) is 11.0 Å². The highest BCUT2D eigenvalue weighted by Gasteiger charge is 2.40. The fraction of sp³-hybridized carbons (Fsp3) is 0.214. The Morgan fingerprint density at radius 3 is 2.35 bits per heavy atom. The lowest BCUT2D eigenvalue weighted by molar-refractivity contribution is -0.143. The first-order valence-electron chi connectivity index (χ1n) is 6.52. The zero-order valence-electron chi connectivity index (χ0n) is 11.9. The maximum atomic E-state index is 13.1. The van der Waals surface area contributed by atoms with Crippen LogP contribution in [0.2, 0.25) is 0 Å². The van der Waals surface area contributed by atoms with Gasteiger partial charge in [0.1, 0.15) is 5.56 Å². The van der Waals surface area contributed by atoms with Gasteiger partial charge in [-0.2, -0.15) is 18.3 Å². The average Bonchev–Trinajstić information content (AvgIpc) is 2.93. The molecule has 0 radical (unpaired) electrons. The molecule has 0 fully saturated rings. The number of nitrogens with zero attached hydrogens (tertiary/aromatic N) is 2. The van der Waals surface area contributed by atoms with E-state index in [9.17, 15) is 22.8 Å². The van der Waals surface area contributed by atoms with E-state index in [1.807, 2.05) is 0 Å². The van der Waals surface area contributed by atoms with E-state index in [0.717, 1.165) is 0 Å². The topological polar surface area (TPSA) is 84.2 Å². The van der Waals surface area contributed by atoms with Crippen LogP contribution >= 0.6 is 0 Å². The van der Waals surface area contributed by atoms with Crippen molar-refractivity contribution in [2.24, 2.45) is 0 Å². The molecule has 6 nitrogen and oxygen atoms in total. The molecular formula is C14H12F3N3O3. The number of benzene rings is 1. The van der Waals surface area contributed by atoms with Crippen LogP contribution in [0.5, 0.6) is 0 Å². The minimum Gasteiger partial charge on any atom is -0.478 e. The molecule has 1 heterocycles. The van der Waals surface area contributed by atoms with Gasteiger partial charge in [-0.15, -0.1) is 0 Å². The van der Waals surface area contributed by atoms with E-state index < -0.39 is 23.4 Å². The maximum absolute atomic E-state index is 13.1. The van der Waals surface area contributed by atoms with E-state index in [-0.39, 0.29) is 18.0 Å².